The third-order valence-electron chi connectivity index (χ3n) is 8.80. The Balaban J connectivity index is 1.56. The molecule has 2 heterocycles. The molecule has 2 aliphatic carbocycles. The smallest absolute Gasteiger partial charge is 0.253 e. The van der Waals surface area contributed by atoms with Crippen molar-refractivity contribution in [2.45, 2.75) is 28.5 Å². The maximum absolute atomic E-state index is 14.1. The van der Waals surface area contributed by atoms with Gasteiger partial charge in [-0.3, -0.25) is 29.0 Å². The van der Waals surface area contributed by atoms with Crippen molar-refractivity contribution in [2.24, 2.45) is 17.8 Å². The number of likely N-dealkylation sites (tertiary alicyclic amines) is 1. The van der Waals surface area contributed by atoms with Crippen molar-refractivity contribution in [3.8, 4) is 11.5 Å². The van der Waals surface area contributed by atoms with Gasteiger partial charge in [-0.1, -0.05) is 11.6 Å². The predicted octanol–water partition coefficient (Wildman–Crippen LogP) is 5.72. The summed E-state index contributed by atoms with van der Waals surface area (Å²) in [6, 6.07) is 8.64. The fourth-order valence-electron chi connectivity index (χ4n) is 6.91. The number of amides is 4. The number of hydrogen-bond acceptors (Lipinski definition) is 6. The molecule has 6 atom stereocenters. The molecule has 8 nitrogen and oxygen atoms in total. The third kappa shape index (κ3) is 3.80. The minimum Gasteiger partial charge on any atom is -0.503 e. The summed E-state index contributed by atoms with van der Waals surface area (Å²) in [5.41, 5.74) is 1.54. The van der Waals surface area contributed by atoms with Gasteiger partial charge in [0.1, 0.15) is 0 Å². The number of benzene rings is 2. The quantitative estimate of drug-likeness (QED) is 0.184. The van der Waals surface area contributed by atoms with Crippen LogP contribution in [0.15, 0.2) is 50.9 Å². The topological polar surface area (TPSA) is 104 Å². The normalized spacial score (nSPS) is 32.6. The summed E-state index contributed by atoms with van der Waals surface area (Å²) in [6.45, 7) is 0. The van der Waals surface area contributed by atoms with Crippen molar-refractivity contribution in [1.82, 2.24) is 4.90 Å². The number of carbonyl (C=O) groups is 4. The maximum atomic E-state index is 14.1. The molecule has 0 aromatic heterocycles. The second kappa shape index (κ2) is 9.93. The summed E-state index contributed by atoms with van der Waals surface area (Å²) in [7, 11) is 2.72. The second-order valence-corrected chi connectivity index (χ2v) is 14.7. The van der Waals surface area contributed by atoms with Gasteiger partial charge in [-0.2, -0.15) is 0 Å². The number of phenols is 1. The maximum Gasteiger partial charge on any atom is 0.253 e. The van der Waals surface area contributed by atoms with Crippen LogP contribution in [0.25, 0.3) is 0 Å². The molecule has 41 heavy (non-hydrogen) atoms. The molecule has 3 fully saturated rings. The number of fused-ring (bicyclic) bond motifs is 4. The van der Waals surface area contributed by atoms with Crippen molar-refractivity contribution >= 4 is 107 Å². The van der Waals surface area contributed by atoms with Crippen molar-refractivity contribution in [3.05, 3.63) is 60.1 Å². The number of alkyl halides is 2. The molecular weight excluding hydrogens is 818 g/mol. The van der Waals surface area contributed by atoms with E-state index in [1.165, 1.54) is 19.1 Å². The van der Waals surface area contributed by atoms with Gasteiger partial charge in [-0.15, -0.1) is 23.2 Å². The van der Waals surface area contributed by atoms with Crippen LogP contribution in [0.4, 0.5) is 5.69 Å². The SMILES string of the molecule is COc1cc(C2C3=CCC4C(=O)N(c5ccc(I)cc5)C(=O)C4C3CC3(Cl)C(=O)N(C)C(=O)C23Cl)c(Br)c(Br)c1O. The summed E-state index contributed by atoms with van der Waals surface area (Å²) in [5, 5.41) is 10.6. The minimum absolute atomic E-state index is 0.106. The summed E-state index contributed by atoms with van der Waals surface area (Å²) in [5.74, 6) is -5.25. The number of methoxy groups -OCH3 is 1. The highest BCUT2D eigenvalue weighted by Gasteiger charge is 2.76. The first-order valence-electron chi connectivity index (χ1n) is 12.6. The zero-order valence-electron chi connectivity index (χ0n) is 21.5. The van der Waals surface area contributed by atoms with Gasteiger partial charge in [0.15, 0.2) is 21.2 Å². The number of ether oxygens (including phenoxy) is 1. The molecule has 2 saturated heterocycles. The number of imide groups is 2. The molecule has 6 rings (SSSR count). The molecule has 0 radical (unpaired) electrons. The molecule has 0 spiro atoms. The Morgan fingerprint density at radius 1 is 1.02 bits per heavy atom. The summed E-state index contributed by atoms with van der Waals surface area (Å²) < 4.78 is 6.99. The van der Waals surface area contributed by atoms with Gasteiger partial charge in [0.2, 0.25) is 11.8 Å². The van der Waals surface area contributed by atoms with Gasteiger partial charge in [0.25, 0.3) is 11.8 Å². The Hall–Kier alpha value is -1.67. The molecule has 4 amide bonds. The van der Waals surface area contributed by atoms with E-state index >= 15 is 0 Å². The van der Waals surface area contributed by atoms with Crippen LogP contribution in [0.2, 0.25) is 0 Å². The van der Waals surface area contributed by atoms with Gasteiger partial charge in [0, 0.05) is 21.0 Å². The minimum atomic E-state index is -1.96. The Morgan fingerprint density at radius 2 is 1.68 bits per heavy atom. The Labute approximate surface area is 275 Å². The molecule has 1 saturated carbocycles. The van der Waals surface area contributed by atoms with E-state index in [1.54, 1.807) is 18.2 Å². The highest BCUT2D eigenvalue weighted by molar-refractivity contribution is 14.1. The average molecular weight is 839 g/mol. The van der Waals surface area contributed by atoms with E-state index in [2.05, 4.69) is 54.5 Å². The molecule has 214 valence electrons. The Bertz CT molecular complexity index is 1600. The number of rotatable bonds is 3. The lowest BCUT2D eigenvalue weighted by molar-refractivity contribution is -0.138. The molecule has 6 unspecified atom stereocenters. The first-order chi connectivity index (χ1) is 19.3. The lowest BCUT2D eigenvalue weighted by atomic mass is 9.56. The first kappa shape index (κ1) is 29.4. The van der Waals surface area contributed by atoms with Crippen LogP contribution >= 0.6 is 77.7 Å². The van der Waals surface area contributed by atoms with Crippen LogP contribution in [-0.4, -0.2) is 57.5 Å². The fraction of sp³-hybridized carbons (Fsp3) is 0.357. The van der Waals surface area contributed by atoms with E-state index < -0.39 is 45.2 Å². The summed E-state index contributed by atoms with van der Waals surface area (Å²) in [4.78, 5) is 53.4. The van der Waals surface area contributed by atoms with Crippen LogP contribution in [0.5, 0.6) is 11.5 Å². The number of nitrogens with zero attached hydrogens (tertiary/aromatic N) is 2. The van der Waals surface area contributed by atoms with E-state index in [0.717, 1.165) is 8.47 Å². The number of carbonyl (C=O) groups excluding carboxylic acids is 4. The Kier molecular flexibility index (Phi) is 7.12. The number of hydrogen-bond donors (Lipinski definition) is 1. The molecule has 2 aromatic carbocycles. The number of anilines is 1. The van der Waals surface area contributed by atoms with Gasteiger partial charge >= 0.3 is 0 Å². The van der Waals surface area contributed by atoms with Crippen LogP contribution in [0.1, 0.15) is 24.3 Å². The summed E-state index contributed by atoms with van der Waals surface area (Å²) in [6.07, 6.45) is 1.99. The summed E-state index contributed by atoms with van der Waals surface area (Å²) >= 11 is 23.5. The van der Waals surface area contributed by atoms with Crippen LogP contribution in [-0.2, 0) is 19.2 Å². The van der Waals surface area contributed by atoms with E-state index in [4.69, 9.17) is 27.9 Å². The van der Waals surface area contributed by atoms with Crippen molar-refractivity contribution in [1.29, 1.82) is 0 Å². The highest BCUT2D eigenvalue weighted by atomic mass is 127. The lowest BCUT2D eigenvalue weighted by Crippen LogP contribution is -2.60. The van der Waals surface area contributed by atoms with E-state index in [1.807, 2.05) is 18.2 Å². The monoisotopic (exact) mass is 836 g/mol. The molecular formula is C28H21Br2Cl2IN2O6. The van der Waals surface area contributed by atoms with Crippen molar-refractivity contribution in [2.75, 3.05) is 19.1 Å². The predicted molar refractivity (Wildman–Crippen MR) is 167 cm³/mol. The number of aromatic hydroxyl groups is 1. The molecule has 13 heteroatoms. The Morgan fingerprint density at radius 3 is 2.32 bits per heavy atom. The largest absolute Gasteiger partial charge is 0.503 e. The molecule has 4 aliphatic rings. The first-order valence-corrected chi connectivity index (χ1v) is 16.0. The van der Waals surface area contributed by atoms with Crippen LogP contribution < -0.4 is 9.64 Å². The second-order valence-electron chi connectivity index (χ2n) is 10.6. The van der Waals surface area contributed by atoms with Crippen LogP contribution in [0, 0.1) is 21.3 Å². The average Bonchev–Trinajstić information content (AvgIpc) is 3.28. The van der Waals surface area contributed by atoms with Crippen molar-refractivity contribution in [3.63, 3.8) is 0 Å². The fourth-order valence-corrected chi connectivity index (χ4v) is 9.24. The van der Waals surface area contributed by atoms with Gasteiger partial charge in [-0.05, 0) is 109 Å². The number of phenolic OH excluding ortho intramolecular Hbond substituents is 1. The number of allylic oxidation sites excluding steroid dienone is 2. The third-order valence-corrected chi connectivity index (χ3v) is 13.1. The molecule has 1 N–H and O–H groups in total. The van der Waals surface area contributed by atoms with E-state index in [0.29, 0.717) is 21.3 Å². The van der Waals surface area contributed by atoms with Gasteiger partial charge in [-0.25, -0.2) is 0 Å². The van der Waals surface area contributed by atoms with E-state index in [-0.39, 0.29) is 40.6 Å². The molecule has 2 aromatic rings. The molecule has 2 aliphatic heterocycles. The van der Waals surface area contributed by atoms with Gasteiger partial charge in [0.05, 0.1) is 29.1 Å². The zero-order valence-corrected chi connectivity index (χ0v) is 28.3. The lowest BCUT2D eigenvalue weighted by Gasteiger charge is -2.51. The number of halogens is 5. The van der Waals surface area contributed by atoms with E-state index in [9.17, 15) is 24.3 Å². The van der Waals surface area contributed by atoms with Crippen molar-refractivity contribution < 1.29 is 29.0 Å². The standard InChI is InChI=1S/C28H21Br2Cl2IN2O6/c1-34-25(39)27(31)10-16-13(7-8-14-18(16)24(38)35(23(14)37)12-5-3-11(33)4-6-12)19(28(27,32)26(34)40)15-9-17(41-2)22(36)21(30)20(15)29/h3-7,9,14,16,18-19,36H,8,10H2,1-2H3. The molecule has 0 bridgehead atoms. The zero-order chi connectivity index (χ0) is 29.8. The highest BCUT2D eigenvalue weighted by Crippen LogP contribution is 2.66. The van der Waals surface area contributed by atoms with Gasteiger partial charge < -0.3 is 9.84 Å². The van der Waals surface area contributed by atoms with Crippen LogP contribution in [0.3, 0.4) is 0 Å².